The van der Waals surface area contributed by atoms with Gasteiger partial charge in [0.2, 0.25) is 5.91 Å². The summed E-state index contributed by atoms with van der Waals surface area (Å²) in [6, 6.07) is 18.8. The Balaban J connectivity index is 1.55. The second-order valence-corrected chi connectivity index (χ2v) is 6.01. The normalized spacial score (nSPS) is 11.3. The smallest absolute Gasteiger partial charge is 0.286 e. The molecule has 27 heavy (non-hydrogen) atoms. The van der Waals surface area contributed by atoms with Gasteiger partial charge in [0.1, 0.15) is 5.49 Å². The zero-order valence-corrected chi connectivity index (χ0v) is 14.9. The van der Waals surface area contributed by atoms with Crippen molar-refractivity contribution in [1.29, 1.82) is 0 Å². The number of benzene rings is 1. The molecule has 0 aliphatic carbocycles. The zero-order valence-electron chi connectivity index (χ0n) is 14.9. The third-order valence-corrected chi connectivity index (χ3v) is 3.95. The van der Waals surface area contributed by atoms with Crippen molar-refractivity contribution in [2.75, 3.05) is 6.54 Å². The Morgan fingerprint density at radius 2 is 1.81 bits per heavy atom. The number of aromatic nitrogens is 1. The quantitative estimate of drug-likeness (QED) is 0.656. The molecule has 0 saturated carbocycles. The van der Waals surface area contributed by atoms with Crippen molar-refractivity contribution in [3.05, 3.63) is 89.9 Å². The van der Waals surface area contributed by atoms with Crippen molar-refractivity contribution in [3.63, 3.8) is 0 Å². The minimum Gasteiger partial charge on any atom is -0.459 e. The number of hydrogen-bond donors (Lipinski definition) is 1. The number of pyridine rings is 1. The van der Waals surface area contributed by atoms with Crippen LogP contribution in [0.2, 0.25) is 0 Å². The number of carbonyl (C=O) groups excluding carboxylic acids is 2. The SMILES string of the molecule is O=C(CCCNC(=O)c1ccco1)N=c1ccccn1Cc1ccccc1. The molecule has 0 bridgehead atoms. The van der Waals surface area contributed by atoms with E-state index in [-0.39, 0.29) is 24.0 Å². The molecule has 6 heteroatoms. The van der Waals surface area contributed by atoms with Gasteiger partial charge in [0.25, 0.3) is 5.91 Å². The second kappa shape index (κ2) is 9.33. The molecule has 2 aromatic heterocycles. The van der Waals surface area contributed by atoms with E-state index < -0.39 is 0 Å². The van der Waals surface area contributed by atoms with Crippen molar-refractivity contribution >= 4 is 11.8 Å². The largest absolute Gasteiger partial charge is 0.459 e. The highest BCUT2D eigenvalue weighted by atomic mass is 16.3. The molecular weight excluding hydrogens is 342 g/mol. The maximum Gasteiger partial charge on any atom is 0.286 e. The molecule has 3 aromatic rings. The Morgan fingerprint density at radius 1 is 1.00 bits per heavy atom. The van der Waals surface area contributed by atoms with E-state index in [4.69, 9.17) is 4.42 Å². The summed E-state index contributed by atoms with van der Waals surface area (Å²) in [6.45, 7) is 1.03. The third kappa shape index (κ3) is 5.54. The summed E-state index contributed by atoms with van der Waals surface area (Å²) in [5, 5.41) is 2.72. The molecule has 1 aromatic carbocycles. The fraction of sp³-hybridized carbons (Fsp3) is 0.190. The molecule has 0 saturated heterocycles. The summed E-state index contributed by atoms with van der Waals surface area (Å²) in [5.74, 6) is -0.235. The second-order valence-electron chi connectivity index (χ2n) is 6.01. The Hall–Kier alpha value is -3.41. The molecular formula is C21H21N3O3. The number of carbonyl (C=O) groups is 2. The average molecular weight is 363 g/mol. The number of furan rings is 1. The summed E-state index contributed by atoms with van der Waals surface area (Å²) >= 11 is 0. The Kier molecular flexibility index (Phi) is 6.35. The van der Waals surface area contributed by atoms with E-state index in [9.17, 15) is 9.59 Å². The highest BCUT2D eigenvalue weighted by Crippen LogP contribution is 2.01. The lowest BCUT2D eigenvalue weighted by molar-refractivity contribution is -0.118. The van der Waals surface area contributed by atoms with Gasteiger partial charge in [0.05, 0.1) is 6.26 Å². The van der Waals surface area contributed by atoms with Crippen LogP contribution in [0.4, 0.5) is 0 Å². The lowest BCUT2D eigenvalue weighted by Gasteiger charge is -2.07. The van der Waals surface area contributed by atoms with Crippen molar-refractivity contribution in [2.45, 2.75) is 19.4 Å². The topological polar surface area (TPSA) is 76.6 Å². The highest BCUT2D eigenvalue weighted by molar-refractivity contribution is 5.91. The predicted molar refractivity (Wildman–Crippen MR) is 101 cm³/mol. The summed E-state index contributed by atoms with van der Waals surface area (Å²) in [7, 11) is 0. The van der Waals surface area contributed by atoms with Crippen LogP contribution in [0.25, 0.3) is 0 Å². The van der Waals surface area contributed by atoms with Crippen LogP contribution in [0, 0.1) is 0 Å². The standard InChI is InChI=1S/C21H21N3O3/c25-20(12-6-13-22-21(26)18-10-7-15-27-18)23-19-11-4-5-14-24(19)16-17-8-2-1-3-9-17/h1-5,7-11,14-15H,6,12-13,16H2,(H,22,26). The first kappa shape index (κ1) is 18.4. The molecule has 0 fully saturated rings. The number of amides is 2. The number of rotatable bonds is 7. The van der Waals surface area contributed by atoms with Gasteiger partial charge in [-0.15, -0.1) is 0 Å². The van der Waals surface area contributed by atoms with Gasteiger partial charge in [0.15, 0.2) is 5.76 Å². The van der Waals surface area contributed by atoms with E-state index in [1.165, 1.54) is 6.26 Å². The van der Waals surface area contributed by atoms with Gasteiger partial charge in [-0.3, -0.25) is 9.59 Å². The van der Waals surface area contributed by atoms with Gasteiger partial charge in [-0.25, -0.2) is 0 Å². The molecule has 0 aliphatic heterocycles. The summed E-state index contributed by atoms with van der Waals surface area (Å²) in [4.78, 5) is 28.1. The molecule has 0 unspecified atom stereocenters. The third-order valence-electron chi connectivity index (χ3n) is 3.95. The maximum atomic E-state index is 12.2. The van der Waals surface area contributed by atoms with Crippen LogP contribution < -0.4 is 10.8 Å². The van der Waals surface area contributed by atoms with Crippen LogP contribution in [0.5, 0.6) is 0 Å². The number of nitrogens with one attached hydrogen (secondary N) is 1. The van der Waals surface area contributed by atoms with E-state index in [1.54, 1.807) is 12.1 Å². The first-order chi connectivity index (χ1) is 13.2. The van der Waals surface area contributed by atoms with E-state index in [1.807, 2.05) is 59.3 Å². The van der Waals surface area contributed by atoms with Gasteiger partial charge >= 0.3 is 0 Å². The average Bonchev–Trinajstić information content (AvgIpc) is 3.22. The maximum absolute atomic E-state index is 12.2. The van der Waals surface area contributed by atoms with Crippen LogP contribution in [0.1, 0.15) is 29.0 Å². The molecule has 0 atom stereocenters. The summed E-state index contributed by atoms with van der Waals surface area (Å²) in [6.07, 6.45) is 4.13. The molecule has 3 rings (SSSR count). The van der Waals surface area contributed by atoms with Crippen LogP contribution in [-0.4, -0.2) is 22.9 Å². The van der Waals surface area contributed by atoms with Crippen LogP contribution in [0.15, 0.2) is 82.5 Å². The van der Waals surface area contributed by atoms with E-state index >= 15 is 0 Å². The van der Waals surface area contributed by atoms with Crippen LogP contribution in [0.3, 0.4) is 0 Å². The Morgan fingerprint density at radius 3 is 2.59 bits per heavy atom. The summed E-state index contributed by atoms with van der Waals surface area (Å²) < 4.78 is 6.95. The number of hydrogen-bond acceptors (Lipinski definition) is 3. The van der Waals surface area contributed by atoms with E-state index in [0.717, 1.165) is 5.56 Å². The van der Waals surface area contributed by atoms with E-state index in [2.05, 4.69) is 10.3 Å². The lowest BCUT2D eigenvalue weighted by atomic mass is 10.2. The molecule has 1 N–H and O–H groups in total. The molecule has 2 amide bonds. The molecule has 138 valence electrons. The lowest BCUT2D eigenvalue weighted by Crippen LogP contribution is -2.25. The van der Waals surface area contributed by atoms with Gasteiger partial charge in [0, 0.05) is 25.7 Å². The fourth-order valence-electron chi connectivity index (χ4n) is 2.60. The van der Waals surface area contributed by atoms with Gasteiger partial charge in [-0.1, -0.05) is 36.4 Å². The minimum atomic E-state index is -0.284. The van der Waals surface area contributed by atoms with Crippen molar-refractivity contribution in [2.24, 2.45) is 4.99 Å². The first-order valence-corrected chi connectivity index (χ1v) is 8.81. The molecule has 0 spiro atoms. The Bertz CT molecular complexity index is 944. The number of nitrogens with zero attached hydrogens (tertiary/aromatic N) is 2. The van der Waals surface area contributed by atoms with Gasteiger partial charge in [-0.05, 0) is 36.2 Å². The van der Waals surface area contributed by atoms with Gasteiger partial charge < -0.3 is 14.3 Å². The first-order valence-electron chi connectivity index (χ1n) is 8.81. The highest BCUT2D eigenvalue weighted by Gasteiger charge is 2.07. The van der Waals surface area contributed by atoms with Crippen molar-refractivity contribution in [3.8, 4) is 0 Å². The summed E-state index contributed by atoms with van der Waals surface area (Å²) in [5.41, 5.74) is 1.75. The van der Waals surface area contributed by atoms with Crippen LogP contribution in [-0.2, 0) is 11.3 Å². The predicted octanol–water partition coefficient (Wildman–Crippen LogP) is 2.77. The van der Waals surface area contributed by atoms with E-state index in [0.29, 0.717) is 25.0 Å². The molecule has 2 heterocycles. The molecule has 0 radical (unpaired) electrons. The van der Waals surface area contributed by atoms with Gasteiger partial charge in [-0.2, -0.15) is 4.99 Å². The monoisotopic (exact) mass is 363 g/mol. The molecule has 0 aliphatic rings. The fourth-order valence-corrected chi connectivity index (χ4v) is 2.60. The zero-order chi connectivity index (χ0) is 18.9. The van der Waals surface area contributed by atoms with Crippen molar-refractivity contribution in [1.82, 2.24) is 9.88 Å². The van der Waals surface area contributed by atoms with Crippen molar-refractivity contribution < 1.29 is 14.0 Å². The Labute approximate surface area is 157 Å². The minimum absolute atomic E-state index is 0.213. The van der Waals surface area contributed by atoms with Crippen LogP contribution >= 0.6 is 0 Å². The molecule has 6 nitrogen and oxygen atoms in total.